The van der Waals surface area contributed by atoms with Crippen LogP contribution < -0.4 is 16.0 Å². The van der Waals surface area contributed by atoms with E-state index in [4.69, 9.17) is 6.42 Å². The number of benzene rings is 3. The normalized spacial score (nSPS) is 15.1. The molecular weight excluding hydrogens is 490 g/mol. The van der Waals surface area contributed by atoms with Gasteiger partial charge in [-0.05, 0) is 71.7 Å². The Kier molecular flexibility index (Phi) is 8.25. The number of rotatable bonds is 7. The lowest BCUT2D eigenvalue weighted by molar-refractivity contribution is -0.143. The van der Waals surface area contributed by atoms with Gasteiger partial charge in [-0.2, -0.15) is 0 Å². The number of aryl methyl sites for hydroxylation is 2. The zero-order valence-corrected chi connectivity index (χ0v) is 22.7. The highest BCUT2D eigenvalue weighted by Gasteiger charge is 2.41. The van der Waals surface area contributed by atoms with E-state index in [0.29, 0.717) is 17.8 Å². The molecule has 0 spiro atoms. The van der Waals surface area contributed by atoms with Gasteiger partial charge in [-0.25, -0.2) is 9.59 Å². The molecule has 0 unspecified atom stereocenters. The summed E-state index contributed by atoms with van der Waals surface area (Å²) in [6.07, 6.45) is 10.3. The molecule has 7 heteroatoms. The quantitative estimate of drug-likeness (QED) is 0.267. The molecule has 4 rings (SSSR count). The van der Waals surface area contributed by atoms with Gasteiger partial charge in [-0.1, -0.05) is 62.6 Å². The number of terminal acetylenes is 1. The Balaban J connectivity index is 1.63. The van der Waals surface area contributed by atoms with Crippen LogP contribution in [0.4, 0.5) is 16.2 Å². The van der Waals surface area contributed by atoms with E-state index in [1.54, 1.807) is 12.1 Å². The molecule has 1 aliphatic rings. The standard InChI is InChI=1S/C32H35N3O4/c1-5-11-22-16-20(2)27(21(3)17-22)34-31(39)33-26-19-24-13-8-7-12-23(24)18-25(26)29(36)35-28(30(37)38)32(4)14-9-6-10-15-32/h1,7-8,12-13,16-19,28H,6,9-11,14-15H2,2-4H3,(H,35,36)(H,37,38)(H2,33,34,39)/t28-/m1/s1. The summed E-state index contributed by atoms with van der Waals surface area (Å²) in [5.74, 6) is 1.04. The van der Waals surface area contributed by atoms with Crippen molar-refractivity contribution >= 4 is 40.1 Å². The lowest BCUT2D eigenvalue weighted by Crippen LogP contribution is -2.52. The van der Waals surface area contributed by atoms with Crippen LogP contribution in [0.1, 0.15) is 66.1 Å². The average molecular weight is 526 g/mol. The van der Waals surface area contributed by atoms with Crippen LogP contribution in [0.25, 0.3) is 10.8 Å². The van der Waals surface area contributed by atoms with Gasteiger partial charge in [0.15, 0.2) is 0 Å². The molecule has 4 N–H and O–H groups in total. The molecule has 3 aromatic rings. The third-order valence-electron chi connectivity index (χ3n) is 7.73. The highest BCUT2D eigenvalue weighted by Crippen LogP contribution is 2.39. The van der Waals surface area contributed by atoms with Crippen LogP contribution in [0.5, 0.6) is 0 Å². The Morgan fingerprint density at radius 1 is 0.974 bits per heavy atom. The van der Waals surface area contributed by atoms with Crippen molar-refractivity contribution in [2.75, 3.05) is 10.6 Å². The van der Waals surface area contributed by atoms with Crippen molar-refractivity contribution in [2.45, 2.75) is 65.3 Å². The van der Waals surface area contributed by atoms with Gasteiger partial charge < -0.3 is 21.1 Å². The average Bonchev–Trinajstić information content (AvgIpc) is 2.89. The summed E-state index contributed by atoms with van der Waals surface area (Å²) >= 11 is 0. The van der Waals surface area contributed by atoms with Gasteiger partial charge in [0.25, 0.3) is 5.91 Å². The number of aliphatic carboxylic acids is 1. The summed E-state index contributed by atoms with van der Waals surface area (Å²) in [5.41, 5.74) is 3.35. The number of anilines is 2. The number of carboxylic acid groups (broad SMARTS) is 1. The summed E-state index contributed by atoms with van der Waals surface area (Å²) < 4.78 is 0. The number of hydrogen-bond donors (Lipinski definition) is 4. The summed E-state index contributed by atoms with van der Waals surface area (Å²) in [4.78, 5) is 39.0. The zero-order valence-electron chi connectivity index (χ0n) is 22.7. The minimum atomic E-state index is -1.06. The molecule has 7 nitrogen and oxygen atoms in total. The van der Waals surface area contributed by atoms with E-state index in [-0.39, 0.29) is 5.56 Å². The van der Waals surface area contributed by atoms with Gasteiger partial charge in [-0.3, -0.25) is 4.79 Å². The number of hydrogen-bond acceptors (Lipinski definition) is 3. The second-order valence-corrected chi connectivity index (χ2v) is 10.8. The minimum absolute atomic E-state index is 0.201. The van der Waals surface area contributed by atoms with Crippen LogP contribution in [0.3, 0.4) is 0 Å². The van der Waals surface area contributed by atoms with Gasteiger partial charge in [0.1, 0.15) is 6.04 Å². The number of carbonyl (C=O) groups is 3. The lowest BCUT2D eigenvalue weighted by atomic mass is 9.70. The summed E-state index contributed by atoms with van der Waals surface area (Å²) in [7, 11) is 0. The first-order valence-electron chi connectivity index (χ1n) is 13.3. The molecule has 0 heterocycles. The van der Waals surface area contributed by atoms with E-state index in [0.717, 1.165) is 59.6 Å². The second-order valence-electron chi connectivity index (χ2n) is 10.8. The number of urea groups is 1. The van der Waals surface area contributed by atoms with Crippen LogP contribution in [-0.2, 0) is 11.2 Å². The number of carboxylic acids is 1. The number of amides is 3. The predicted molar refractivity (Wildman–Crippen MR) is 155 cm³/mol. The summed E-state index contributed by atoms with van der Waals surface area (Å²) in [6.45, 7) is 5.72. The van der Waals surface area contributed by atoms with Gasteiger partial charge in [0, 0.05) is 12.1 Å². The van der Waals surface area contributed by atoms with Crippen molar-refractivity contribution in [1.82, 2.24) is 5.32 Å². The van der Waals surface area contributed by atoms with E-state index in [9.17, 15) is 19.5 Å². The minimum Gasteiger partial charge on any atom is -0.480 e. The molecule has 0 radical (unpaired) electrons. The maximum Gasteiger partial charge on any atom is 0.326 e. The van der Waals surface area contributed by atoms with Gasteiger partial charge in [-0.15, -0.1) is 12.3 Å². The molecule has 1 aliphatic carbocycles. The Labute approximate surface area is 229 Å². The largest absolute Gasteiger partial charge is 0.480 e. The highest BCUT2D eigenvalue weighted by molar-refractivity contribution is 6.10. The molecular formula is C32H35N3O4. The number of nitrogens with one attached hydrogen (secondary N) is 3. The fourth-order valence-corrected chi connectivity index (χ4v) is 5.66. The third-order valence-corrected chi connectivity index (χ3v) is 7.73. The number of fused-ring (bicyclic) bond motifs is 1. The van der Waals surface area contributed by atoms with Crippen molar-refractivity contribution in [1.29, 1.82) is 0 Å². The smallest absolute Gasteiger partial charge is 0.326 e. The van der Waals surface area contributed by atoms with E-state index in [1.165, 1.54) is 0 Å². The van der Waals surface area contributed by atoms with Crippen molar-refractivity contribution in [2.24, 2.45) is 5.41 Å². The molecule has 1 saturated carbocycles. The van der Waals surface area contributed by atoms with Crippen molar-refractivity contribution in [3.8, 4) is 12.3 Å². The van der Waals surface area contributed by atoms with Crippen LogP contribution in [0.15, 0.2) is 48.5 Å². The fourth-order valence-electron chi connectivity index (χ4n) is 5.66. The lowest BCUT2D eigenvalue weighted by Gasteiger charge is -2.38. The first-order chi connectivity index (χ1) is 18.6. The molecule has 202 valence electrons. The first-order valence-corrected chi connectivity index (χ1v) is 13.3. The van der Waals surface area contributed by atoms with E-state index in [1.807, 2.05) is 57.2 Å². The fraction of sp³-hybridized carbons (Fsp3) is 0.344. The van der Waals surface area contributed by atoms with Crippen LogP contribution >= 0.6 is 0 Å². The molecule has 0 saturated heterocycles. The Hall–Kier alpha value is -4.31. The molecule has 0 bridgehead atoms. The van der Waals surface area contributed by atoms with Crippen LogP contribution in [0, 0.1) is 31.6 Å². The predicted octanol–water partition coefficient (Wildman–Crippen LogP) is 6.43. The molecule has 1 atom stereocenters. The van der Waals surface area contributed by atoms with E-state index in [2.05, 4.69) is 21.9 Å². The molecule has 3 aromatic carbocycles. The van der Waals surface area contributed by atoms with Crippen LogP contribution in [-0.4, -0.2) is 29.1 Å². The van der Waals surface area contributed by atoms with Crippen molar-refractivity contribution in [3.05, 3.63) is 70.8 Å². The third kappa shape index (κ3) is 6.23. The molecule has 39 heavy (non-hydrogen) atoms. The van der Waals surface area contributed by atoms with Crippen molar-refractivity contribution in [3.63, 3.8) is 0 Å². The topological polar surface area (TPSA) is 108 Å². The molecule has 3 amide bonds. The van der Waals surface area contributed by atoms with Gasteiger partial charge >= 0.3 is 12.0 Å². The second kappa shape index (κ2) is 11.6. The maximum absolute atomic E-state index is 13.6. The Morgan fingerprint density at radius 3 is 2.18 bits per heavy atom. The Morgan fingerprint density at radius 2 is 1.59 bits per heavy atom. The monoisotopic (exact) mass is 525 g/mol. The molecule has 0 aliphatic heterocycles. The zero-order chi connectivity index (χ0) is 28.2. The van der Waals surface area contributed by atoms with Gasteiger partial charge in [0.05, 0.1) is 11.3 Å². The van der Waals surface area contributed by atoms with E-state index < -0.39 is 29.4 Å². The SMILES string of the molecule is C#CCc1cc(C)c(NC(=O)Nc2cc3ccccc3cc2C(=O)N[C@H](C(=O)O)C2(C)CCCCC2)c(C)c1. The van der Waals surface area contributed by atoms with Gasteiger partial charge in [0.2, 0.25) is 0 Å². The van der Waals surface area contributed by atoms with Crippen molar-refractivity contribution < 1.29 is 19.5 Å². The summed E-state index contributed by atoms with van der Waals surface area (Å²) in [6, 6.07) is 13.3. The highest BCUT2D eigenvalue weighted by atomic mass is 16.4. The maximum atomic E-state index is 13.6. The molecule has 1 fully saturated rings. The first kappa shape index (κ1) is 27.7. The Bertz CT molecular complexity index is 1440. The molecule has 0 aromatic heterocycles. The van der Waals surface area contributed by atoms with Crippen LogP contribution in [0.2, 0.25) is 0 Å². The number of carbonyl (C=O) groups excluding carboxylic acids is 2. The summed E-state index contributed by atoms with van der Waals surface area (Å²) in [5, 5.41) is 20.2. The van der Waals surface area contributed by atoms with E-state index >= 15 is 0 Å².